The zero-order chi connectivity index (χ0) is 20.0. The lowest BCUT2D eigenvalue weighted by molar-refractivity contribution is -0.173. The monoisotopic (exact) mass is 384 g/mol. The molecule has 0 radical (unpaired) electrons. The lowest BCUT2D eigenvalue weighted by Gasteiger charge is -2.32. The van der Waals surface area contributed by atoms with E-state index < -0.39 is 12.1 Å². The zero-order valence-electron chi connectivity index (χ0n) is 15.1. The van der Waals surface area contributed by atoms with Gasteiger partial charge in [-0.25, -0.2) is 0 Å². The SMILES string of the molecule is Cc1ccc(C(=O)CCC(=O)N2CCC(CNC(=O)C(F)(F)F)CC2)cc1. The number of piperidine rings is 1. The minimum absolute atomic E-state index is 0.0493. The number of hydrogen-bond acceptors (Lipinski definition) is 3. The van der Waals surface area contributed by atoms with E-state index in [1.54, 1.807) is 17.0 Å². The Morgan fingerprint density at radius 3 is 2.22 bits per heavy atom. The predicted molar refractivity (Wildman–Crippen MR) is 93.1 cm³/mol. The van der Waals surface area contributed by atoms with E-state index in [4.69, 9.17) is 0 Å². The molecule has 5 nitrogen and oxygen atoms in total. The van der Waals surface area contributed by atoms with Gasteiger partial charge in [-0.2, -0.15) is 13.2 Å². The van der Waals surface area contributed by atoms with E-state index in [0.29, 0.717) is 31.5 Å². The number of aryl methyl sites for hydroxylation is 1. The van der Waals surface area contributed by atoms with Gasteiger partial charge >= 0.3 is 12.1 Å². The lowest BCUT2D eigenvalue weighted by atomic mass is 9.96. The van der Waals surface area contributed by atoms with Crippen molar-refractivity contribution < 1.29 is 27.6 Å². The molecule has 8 heteroatoms. The number of benzene rings is 1. The van der Waals surface area contributed by atoms with E-state index in [-0.39, 0.29) is 37.0 Å². The smallest absolute Gasteiger partial charge is 0.348 e. The van der Waals surface area contributed by atoms with Gasteiger partial charge in [-0.1, -0.05) is 29.8 Å². The van der Waals surface area contributed by atoms with E-state index in [1.807, 2.05) is 24.4 Å². The number of halogens is 3. The normalized spacial score (nSPS) is 15.5. The van der Waals surface area contributed by atoms with Gasteiger partial charge in [-0.15, -0.1) is 0 Å². The molecule has 0 bridgehead atoms. The number of carbonyl (C=O) groups excluding carboxylic acids is 3. The molecule has 2 amide bonds. The molecule has 1 aliphatic rings. The largest absolute Gasteiger partial charge is 0.471 e. The van der Waals surface area contributed by atoms with E-state index in [1.165, 1.54) is 0 Å². The number of nitrogens with one attached hydrogen (secondary N) is 1. The van der Waals surface area contributed by atoms with E-state index in [2.05, 4.69) is 0 Å². The summed E-state index contributed by atoms with van der Waals surface area (Å²) in [6.07, 6.45) is -3.59. The summed E-state index contributed by atoms with van der Waals surface area (Å²) in [5.41, 5.74) is 1.63. The number of alkyl halides is 3. The van der Waals surface area contributed by atoms with Crippen LogP contribution >= 0.6 is 0 Å². The Labute approximate surface area is 155 Å². The number of nitrogens with zero attached hydrogens (tertiary/aromatic N) is 1. The van der Waals surface area contributed by atoms with Gasteiger partial charge in [0.05, 0.1) is 0 Å². The maximum Gasteiger partial charge on any atom is 0.471 e. The molecular formula is C19H23F3N2O3. The topological polar surface area (TPSA) is 66.5 Å². The molecule has 1 fully saturated rings. The van der Waals surface area contributed by atoms with E-state index in [0.717, 1.165) is 5.56 Å². The molecule has 0 atom stereocenters. The number of carbonyl (C=O) groups is 3. The second-order valence-corrected chi connectivity index (χ2v) is 6.82. The Morgan fingerprint density at radius 1 is 1.07 bits per heavy atom. The van der Waals surface area contributed by atoms with Crippen molar-refractivity contribution in [2.24, 2.45) is 5.92 Å². The minimum Gasteiger partial charge on any atom is -0.348 e. The van der Waals surface area contributed by atoms with Gasteiger partial charge in [0, 0.05) is 38.0 Å². The summed E-state index contributed by atoms with van der Waals surface area (Å²) in [4.78, 5) is 36.8. The fourth-order valence-corrected chi connectivity index (χ4v) is 2.99. The van der Waals surface area contributed by atoms with Crippen molar-refractivity contribution in [1.82, 2.24) is 10.2 Å². The van der Waals surface area contributed by atoms with Crippen LogP contribution in [0.2, 0.25) is 0 Å². The van der Waals surface area contributed by atoms with Crippen LogP contribution in [0.15, 0.2) is 24.3 Å². The fraction of sp³-hybridized carbons (Fsp3) is 0.526. The van der Waals surface area contributed by atoms with Crippen LogP contribution < -0.4 is 5.32 Å². The summed E-state index contributed by atoms with van der Waals surface area (Å²) in [6.45, 7) is 2.72. The number of rotatable bonds is 6. The number of ketones is 1. The first-order chi connectivity index (χ1) is 12.7. The van der Waals surface area contributed by atoms with Crippen LogP contribution in [0.5, 0.6) is 0 Å². The Morgan fingerprint density at radius 2 is 1.67 bits per heavy atom. The first-order valence-corrected chi connectivity index (χ1v) is 8.89. The maximum atomic E-state index is 12.2. The Kier molecular flexibility index (Phi) is 6.98. The zero-order valence-corrected chi connectivity index (χ0v) is 15.1. The van der Waals surface area contributed by atoms with Crippen molar-refractivity contribution in [3.05, 3.63) is 35.4 Å². The van der Waals surface area contributed by atoms with Crippen LogP contribution in [0.1, 0.15) is 41.6 Å². The highest BCUT2D eigenvalue weighted by Gasteiger charge is 2.38. The van der Waals surface area contributed by atoms with Gasteiger partial charge in [0.15, 0.2) is 5.78 Å². The van der Waals surface area contributed by atoms with Crippen LogP contribution in [-0.4, -0.2) is 48.3 Å². The van der Waals surface area contributed by atoms with Crippen molar-refractivity contribution in [2.45, 2.75) is 38.8 Å². The number of hydrogen-bond donors (Lipinski definition) is 1. The first-order valence-electron chi connectivity index (χ1n) is 8.89. The highest BCUT2D eigenvalue weighted by Crippen LogP contribution is 2.19. The van der Waals surface area contributed by atoms with E-state index >= 15 is 0 Å². The molecule has 0 unspecified atom stereocenters. The molecule has 0 aromatic heterocycles. The van der Waals surface area contributed by atoms with Crippen LogP contribution in [0.3, 0.4) is 0 Å². The van der Waals surface area contributed by atoms with Gasteiger partial charge in [0.1, 0.15) is 0 Å². The highest BCUT2D eigenvalue weighted by molar-refractivity contribution is 5.98. The van der Waals surface area contributed by atoms with Crippen molar-refractivity contribution in [3.8, 4) is 0 Å². The van der Waals surface area contributed by atoms with Crippen molar-refractivity contribution in [3.63, 3.8) is 0 Å². The van der Waals surface area contributed by atoms with E-state index in [9.17, 15) is 27.6 Å². The van der Waals surface area contributed by atoms with Gasteiger partial charge in [-0.05, 0) is 25.7 Å². The molecule has 0 spiro atoms. The Hall–Kier alpha value is -2.38. The summed E-state index contributed by atoms with van der Waals surface area (Å²) >= 11 is 0. The third-order valence-corrected chi connectivity index (χ3v) is 4.72. The molecule has 1 aromatic rings. The Balaban J connectivity index is 1.71. The summed E-state index contributed by atoms with van der Waals surface area (Å²) < 4.78 is 36.5. The summed E-state index contributed by atoms with van der Waals surface area (Å²) in [5, 5.41) is 1.89. The third kappa shape index (κ3) is 6.37. The molecule has 1 heterocycles. The second kappa shape index (κ2) is 9.01. The maximum absolute atomic E-state index is 12.2. The molecule has 0 aliphatic carbocycles. The van der Waals surface area contributed by atoms with Crippen molar-refractivity contribution >= 4 is 17.6 Å². The molecule has 1 aromatic carbocycles. The Bertz CT molecular complexity index is 678. The summed E-state index contributed by atoms with van der Waals surface area (Å²) in [7, 11) is 0. The standard InChI is InChI=1S/C19H23F3N2O3/c1-13-2-4-15(5-3-13)16(25)6-7-17(26)24-10-8-14(9-11-24)12-23-18(27)19(20,21)22/h2-5,14H,6-12H2,1H3,(H,23,27). The molecule has 1 saturated heterocycles. The molecule has 1 N–H and O–H groups in total. The third-order valence-electron chi connectivity index (χ3n) is 4.72. The van der Waals surface area contributed by atoms with Crippen LogP contribution in [0.25, 0.3) is 0 Å². The molecule has 148 valence electrons. The summed E-state index contributed by atoms with van der Waals surface area (Å²) in [5.74, 6) is -2.24. The first kappa shape index (κ1) is 20.9. The van der Waals surface area contributed by atoms with Crippen LogP contribution in [-0.2, 0) is 9.59 Å². The predicted octanol–water partition coefficient (Wildman–Crippen LogP) is 2.88. The average molecular weight is 384 g/mol. The molecule has 0 saturated carbocycles. The second-order valence-electron chi connectivity index (χ2n) is 6.82. The van der Waals surface area contributed by atoms with Crippen molar-refractivity contribution in [2.75, 3.05) is 19.6 Å². The highest BCUT2D eigenvalue weighted by atomic mass is 19.4. The minimum atomic E-state index is -4.87. The lowest BCUT2D eigenvalue weighted by Crippen LogP contribution is -2.44. The van der Waals surface area contributed by atoms with Gasteiger partial charge in [0.25, 0.3) is 0 Å². The van der Waals surface area contributed by atoms with Gasteiger partial charge < -0.3 is 10.2 Å². The molecule has 1 aliphatic heterocycles. The molecule has 27 heavy (non-hydrogen) atoms. The molecule has 2 rings (SSSR count). The van der Waals surface area contributed by atoms with Crippen molar-refractivity contribution in [1.29, 1.82) is 0 Å². The molecular weight excluding hydrogens is 361 g/mol. The average Bonchev–Trinajstić information content (AvgIpc) is 2.64. The number of likely N-dealkylation sites (tertiary alicyclic amines) is 1. The van der Waals surface area contributed by atoms with Gasteiger partial charge in [0.2, 0.25) is 5.91 Å². The van der Waals surface area contributed by atoms with Crippen LogP contribution in [0.4, 0.5) is 13.2 Å². The summed E-state index contributed by atoms with van der Waals surface area (Å²) in [6, 6.07) is 7.17. The van der Waals surface area contributed by atoms with Crippen LogP contribution in [0, 0.1) is 12.8 Å². The fourth-order valence-electron chi connectivity index (χ4n) is 2.99. The van der Waals surface area contributed by atoms with Gasteiger partial charge in [-0.3, -0.25) is 14.4 Å². The number of Topliss-reactive ketones (excluding diaryl/α,β-unsaturated/α-hetero) is 1. The number of amides is 2. The quantitative estimate of drug-likeness (QED) is 0.767.